The zero-order chi connectivity index (χ0) is 13.7. The smallest absolute Gasteiger partial charge is 0.256 e. The van der Waals surface area contributed by atoms with Gasteiger partial charge in [0.1, 0.15) is 0 Å². The van der Waals surface area contributed by atoms with Crippen molar-refractivity contribution in [2.45, 2.75) is 4.90 Å². The van der Waals surface area contributed by atoms with Crippen molar-refractivity contribution in [3.63, 3.8) is 0 Å². The van der Waals surface area contributed by atoms with E-state index < -0.39 is 0 Å². The van der Waals surface area contributed by atoms with Crippen molar-refractivity contribution < 1.29 is 9.59 Å². The molecule has 0 aliphatic carbocycles. The Morgan fingerprint density at radius 3 is 2.74 bits per heavy atom. The first kappa shape index (κ1) is 13.6. The summed E-state index contributed by atoms with van der Waals surface area (Å²) in [6.07, 6.45) is 0. The molecule has 2 rings (SSSR count). The number of amides is 2. The first-order valence-electron chi connectivity index (χ1n) is 5.50. The number of nitrogens with two attached hydrogens (primary N) is 1. The van der Waals surface area contributed by atoms with Crippen molar-refractivity contribution in [3.8, 4) is 0 Å². The zero-order valence-corrected chi connectivity index (χ0v) is 11.6. The number of thioether (sulfide) groups is 1. The first-order valence-corrected chi connectivity index (χ1v) is 7.43. The van der Waals surface area contributed by atoms with Gasteiger partial charge >= 0.3 is 0 Å². The molecule has 2 aromatic rings. The lowest BCUT2D eigenvalue weighted by molar-refractivity contribution is -0.115. The van der Waals surface area contributed by atoms with Crippen molar-refractivity contribution in [3.05, 3.63) is 46.7 Å². The van der Waals surface area contributed by atoms with Crippen molar-refractivity contribution in [2.75, 3.05) is 11.1 Å². The SMILES string of the molecule is NC(=O)CSc1ccccc1NC(=O)c1ccsc1. The van der Waals surface area contributed by atoms with Crippen LogP contribution < -0.4 is 11.1 Å². The predicted octanol–water partition coefficient (Wildman–Crippen LogP) is 2.58. The summed E-state index contributed by atoms with van der Waals surface area (Å²) >= 11 is 2.78. The van der Waals surface area contributed by atoms with Crippen LogP contribution in [0.4, 0.5) is 5.69 Å². The highest BCUT2D eigenvalue weighted by Gasteiger charge is 2.10. The highest BCUT2D eigenvalue weighted by atomic mass is 32.2. The van der Waals surface area contributed by atoms with E-state index in [0.29, 0.717) is 11.3 Å². The molecule has 0 bridgehead atoms. The van der Waals surface area contributed by atoms with E-state index in [1.807, 2.05) is 23.6 Å². The van der Waals surface area contributed by atoms with E-state index in [1.165, 1.54) is 23.1 Å². The highest BCUT2D eigenvalue weighted by Crippen LogP contribution is 2.27. The van der Waals surface area contributed by atoms with Crippen LogP contribution in [0.1, 0.15) is 10.4 Å². The van der Waals surface area contributed by atoms with Gasteiger partial charge in [0.25, 0.3) is 5.91 Å². The van der Waals surface area contributed by atoms with Crippen LogP contribution in [0.2, 0.25) is 0 Å². The molecule has 0 radical (unpaired) electrons. The highest BCUT2D eigenvalue weighted by molar-refractivity contribution is 8.00. The number of carbonyl (C=O) groups is 2. The number of para-hydroxylation sites is 1. The lowest BCUT2D eigenvalue weighted by Crippen LogP contribution is -2.14. The number of rotatable bonds is 5. The molecule has 0 aliphatic rings. The molecule has 0 spiro atoms. The van der Waals surface area contributed by atoms with Crippen molar-refractivity contribution in [2.24, 2.45) is 5.73 Å². The number of carbonyl (C=O) groups excluding carboxylic acids is 2. The largest absolute Gasteiger partial charge is 0.369 e. The minimum absolute atomic E-state index is 0.159. The monoisotopic (exact) mass is 292 g/mol. The van der Waals surface area contributed by atoms with Crippen LogP contribution in [0.15, 0.2) is 46.0 Å². The summed E-state index contributed by atoms with van der Waals surface area (Å²) in [6, 6.07) is 9.09. The van der Waals surface area contributed by atoms with Gasteiger partial charge in [-0.15, -0.1) is 11.8 Å². The predicted molar refractivity (Wildman–Crippen MR) is 78.6 cm³/mol. The lowest BCUT2D eigenvalue weighted by Gasteiger charge is -2.09. The van der Waals surface area contributed by atoms with E-state index in [1.54, 1.807) is 17.5 Å². The molecule has 1 heterocycles. The zero-order valence-electron chi connectivity index (χ0n) is 9.96. The van der Waals surface area contributed by atoms with Crippen LogP contribution in [0, 0.1) is 0 Å². The fourth-order valence-corrected chi connectivity index (χ4v) is 2.82. The maximum absolute atomic E-state index is 12.0. The van der Waals surface area contributed by atoms with Gasteiger partial charge in [0, 0.05) is 10.3 Å². The molecule has 0 aliphatic heterocycles. The molecule has 0 unspecified atom stereocenters. The molecular weight excluding hydrogens is 280 g/mol. The third-order valence-corrected chi connectivity index (χ3v) is 4.07. The summed E-state index contributed by atoms with van der Waals surface area (Å²) in [4.78, 5) is 23.6. The van der Waals surface area contributed by atoms with Gasteiger partial charge in [-0.05, 0) is 23.6 Å². The van der Waals surface area contributed by atoms with Crippen molar-refractivity contribution in [1.29, 1.82) is 0 Å². The Hall–Kier alpha value is -1.79. The van der Waals surface area contributed by atoms with Gasteiger partial charge in [-0.25, -0.2) is 0 Å². The molecule has 4 nitrogen and oxygen atoms in total. The topological polar surface area (TPSA) is 72.2 Å². The Balaban J connectivity index is 2.11. The number of primary amides is 1. The molecule has 0 saturated carbocycles. The van der Waals surface area contributed by atoms with Gasteiger partial charge in [0.05, 0.1) is 17.0 Å². The number of nitrogens with one attached hydrogen (secondary N) is 1. The maximum atomic E-state index is 12.0. The van der Waals surface area contributed by atoms with Crippen LogP contribution in [0.3, 0.4) is 0 Å². The Bertz CT molecular complexity index is 582. The standard InChI is InChI=1S/C13H12N2O2S2/c14-12(16)8-19-11-4-2-1-3-10(11)15-13(17)9-5-6-18-7-9/h1-7H,8H2,(H2,14,16)(H,15,17). The number of thiophene rings is 1. The first-order chi connectivity index (χ1) is 9.16. The van der Waals surface area contributed by atoms with Gasteiger partial charge in [-0.2, -0.15) is 11.3 Å². The van der Waals surface area contributed by atoms with Crippen LogP contribution in [-0.2, 0) is 4.79 Å². The summed E-state index contributed by atoms with van der Waals surface area (Å²) in [6.45, 7) is 0. The average molecular weight is 292 g/mol. The molecule has 19 heavy (non-hydrogen) atoms. The maximum Gasteiger partial charge on any atom is 0.256 e. The van der Waals surface area contributed by atoms with E-state index in [2.05, 4.69) is 5.32 Å². The summed E-state index contributed by atoms with van der Waals surface area (Å²) in [5, 5.41) is 6.47. The number of hydrogen-bond acceptors (Lipinski definition) is 4. The van der Waals surface area contributed by atoms with E-state index in [9.17, 15) is 9.59 Å². The second-order valence-electron chi connectivity index (χ2n) is 3.72. The van der Waals surface area contributed by atoms with Crippen LogP contribution >= 0.6 is 23.1 Å². The van der Waals surface area contributed by atoms with E-state index in [-0.39, 0.29) is 17.6 Å². The van der Waals surface area contributed by atoms with Crippen LogP contribution in [0.5, 0.6) is 0 Å². The summed E-state index contributed by atoms with van der Waals surface area (Å²) in [5.41, 5.74) is 6.43. The molecule has 2 amide bonds. The molecular formula is C13H12N2O2S2. The second kappa shape index (κ2) is 6.40. The van der Waals surface area contributed by atoms with Crippen molar-refractivity contribution >= 4 is 40.6 Å². The Kier molecular flexibility index (Phi) is 4.59. The van der Waals surface area contributed by atoms with E-state index in [4.69, 9.17) is 5.73 Å². The van der Waals surface area contributed by atoms with E-state index in [0.717, 1.165) is 4.90 Å². The Morgan fingerprint density at radius 2 is 2.05 bits per heavy atom. The van der Waals surface area contributed by atoms with Gasteiger partial charge < -0.3 is 11.1 Å². The molecule has 3 N–H and O–H groups in total. The summed E-state index contributed by atoms with van der Waals surface area (Å²) in [5.74, 6) is -0.358. The second-order valence-corrected chi connectivity index (χ2v) is 5.51. The van der Waals surface area contributed by atoms with Crippen molar-refractivity contribution in [1.82, 2.24) is 0 Å². The minimum Gasteiger partial charge on any atom is -0.369 e. The third-order valence-electron chi connectivity index (χ3n) is 2.29. The van der Waals surface area contributed by atoms with Gasteiger partial charge in [-0.3, -0.25) is 9.59 Å². The molecule has 1 aromatic heterocycles. The fourth-order valence-electron chi connectivity index (χ4n) is 1.43. The normalized spacial score (nSPS) is 10.1. The summed E-state index contributed by atoms with van der Waals surface area (Å²) < 4.78 is 0. The van der Waals surface area contributed by atoms with Gasteiger partial charge in [0.15, 0.2) is 0 Å². The van der Waals surface area contributed by atoms with Crippen LogP contribution in [0.25, 0.3) is 0 Å². The third kappa shape index (κ3) is 3.84. The average Bonchev–Trinajstić information content (AvgIpc) is 2.91. The van der Waals surface area contributed by atoms with Gasteiger partial charge in [-0.1, -0.05) is 12.1 Å². The Morgan fingerprint density at radius 1 is 1.26 bits per heavy atom. The molecule has 98 valence electrons. The number of benzene rings is 1. The lowest BCUT2D eigenvalue weighted by atomic mass is 10.3. The Labute approximate surface area is 119 Å². The number of hydrogen-bond donors (Lipinski definition) is 2. The molecule has 6 heteroatoms. The quantitative estimate of drug-likeness (QED) is 0.832. The molecule has 0 saturated heterocycles. The molecule has 0 atom stereocenters. The number of anilines is 1. The van der Waals surface area contributed by atoms with Gasteiger partial charge in [0.2, 0.25) is 5.91 Å². The molecule has 0 fully saturated rings. The minimum atomic E-state index is -0.385. The molecule has 1 aromatic carbocycles. The summed E-state index contributed by atoms with van der Waals surface area (Å²) in [7, 11) is 0. The van der Waals surface area contributed by atoms with Crippen LogP contribution in [-0.4, -0.2) is 17.6 Å². The fraction of sp³-hybridized carbons (Fsp3) is 0.0769. The van der Waals surface area contributed by atoms with E-state index >= 15 is 0 Å².